The van der Waals surface area contributed by atoms with Crippen molar-refractivity contribution >= 4 is 12.0 Å². The molecule has 2 heteroatoms. The number of esters is 1. The summed E-state index contributed by atoms with van der Waals surface area (Å²) in [7, 11) is 0. The molecule has 0 aliphatic rings. The fourth-order valence-corrected chi connectivity index (χ4v) is 2.44. The number of rotatable bonds is 8. The van der Waals surface area contributed by atoms with Crippen LogP contribution in [-0.4, -0.2) is 12.6 Å². The number of benzene rings is 1. The monoisotopic (exact) mass is 352 g/mol. The molecule has 0 amide bonds. The van der Waals surface area contributed by atoms with Gasteiger partial charge in [0.1, 0.15) is 0 Å². The van der Waals surface area contributed by atoms with Crippen LogP contribution < -0.4 is 0 Å². The number of hydrogen-bond acceptors (Lipinski definition) is 2. The van der Waals surface area contributed by atoms with Crippen LogP contribution in [0.3, 0.4) is 0 Å². The molecule has 140 valence electrons. The number of unbranched alkanes of at least 4 members (excludes halogenated alkanes) is 1. The summed E-state index contributed by atoms with van der Waals surface area (Å²) in [5, 5.41) is 0. The molecule has 0 bridgehead atoms. The molecule has 2 nitrogen and oxygen atoms in total. The SMILES string of the molecule is CCCCOC(=O)C=C(C)C=CC=C(C)C=Cc1c(C)ccc(C)c1C. The molecule has 0 radical (unpaired) electrons. The molecule has 0 heterocycles. The Morgan fingerprint density at radius 3 is 2.42 bits per heavy atom. The lowest BCUT2D eigenvalue weighted by Crippen LogP contribution is -2.02. The number of allylic oxidation sites excluding steroid dienone is 6. The molecule has 1 rings (SSSR count). The van der Waals surface area contributed by atoms with Crippen LogP contribution in [0.4, 0.5) is 0 Å². The zero-order valence-corrected chi connectivity index (χ0v) is 17.1. The van der Waals surface area contributed by atoms with Crippen LogP contribution in [0.5, 0.6) is 0 Å². The highest BCUT2D eigenvalue weighted by atomic mass is 16.5. The van der Waals surface area contributed by atoms with Gasteiger partial charge in [-0.15, -0.1) is 0 Å². The summed E-state index contributed by atoms with van der Waals surface area (Å²) < 4.78 is 5.12. The average Bonchev–Trinajstić information content (AvgIpc) is 2.58. The van der Waals surface area contributed by atoms with Crippen LogP contribution in [0.1, 0.15) is 55.9 Å². The lowest BCUT2D eigenvalue weighted by atomic mass is 9.97. The summed E-state index contributed by atoms with van der Waals surface area (Å²) in [5.74, 6) is -0.272. The fourth-order valence-electron chi connectivity index (χ4n) is 2.44. The van der Waals surface area contributed by atoms with Crippen LogP contribution in [0, 0.1) is 20.8 Å². The van der Waals surface area contributed by atoms with Crippen molar-refractivity contribution in [2.75, 3.05) is 6.61 Å². The number of aryl methyl sites for hydroxylation is 2. The van der Waals surface area contributed by atoms with Gasteiger partial charge in [-0.2, -0.15) is 0 Å². The summed E-state index contributed by atoms with van der Waals surface area (Å²) in [6.45, 7) is 13.0. The van der Waals surface area contributed by atoms with Gasteiger partial charge in [-0.05, 0) is 68.9 Å². The van der Waals surface area contributed by atoms with Gasteiger partial charge in [0.15, 0.2) is 0 Å². The highest BCUT2D eigenvalue weighted by Gasteiger charge is 2.01. The van der Waals surface area contributed by atoms with Crippen LogP contribution >= 0.6 is 0 Å². The minimum Gasteiger partial charge on any atom is -0.463 e. The van der Waals surface area contributed by atoms with E-state index >= 15 is 0 Å². The molecule has 1 aromatic carbocycles. The molecule has 0 aromatic heterocycles. The first-order valence-electron chi connectivity index (χ1n) is 9.30. The van der Waals surface area contributed by atoms with E-state index in [4.69, 9.17) is 4.74 Å². The lowest BCUT2D eigenvalue weighted by molar-refractivity contribution is -0.137. The van der Waals surface area contributed by atoms with Crippen LogP contribution in [0.2, 0.25) is 0 Å². The summed E-state index contributed by atoms with van der Waals surface area (Å²) >= 11 is 0. The third kappa shape index (κ3) is 7.69. The molecule has 0 saturated carbocycles. The summed E-state index contributed by atoms with van der Waals surface area (Å²) in [6.07, 6.45) is 13.7. The molecule has 0 unspecified atom stereocenters. The summed E-state index contributed by atoms with van der Waals surface area (Å²) in [4.78, 5) is 11.6. The maximum absolute atomic E-state index is 11.6. The van der Waals surface area contributed by atoms with E-state index in [1.54, 1.807) is 0 Å². The Kier molecular flexibility index (Phi) is 9.43. The van der Waals surface area contributed by atoms with E-state index in [0.717, 1.165) is 24.0 Å². The van der Waals surface area contributed by atoms with Gasteiger partial charge in [-0.3, -0.25) is 0 Å². The third-order valence-electron chi connectivity index (χ3n) is 4.32. The predicted molar refractivity (Wildman–Crippen MR) is 112 cm³/mol. The van der Waals surface area contributed by atoms with Gasteiger partial charge in [-0.1, -0.05) is 61.4 Å². The zero-order chi connectivity index (χ0) is 19.5. The van der Waals surface area contributed by atoms with Crippen LogP contribution in [0.25, 0.3) is 6.08 Å². The molecule has 0 aliphatic heterocycles. The van der Waals surface area contributed by atoms with Crippen molar-refractivity contribution < 1.29 is 9.53 Å². The highest BCUT2D eigenvalue weighted by Crippen LogP contribution is 2.19. The number of ether oxygens (including phenoxy) is 1. The van der Waals surface area contributed by atoms with E-state index in [-0.39, 0.29) is 5.97 Å². The molecular formula is C24H32O2. The van der Waals surface area contributed by atoms with E-state index in [9.17, 15) is 4.79 Å². The Labute approximate surface area is 159 Å². The largest absolute Gasteiger partial charge is 0.463 e. The standard InChI is InChI=1S/C24H32O2/c1-7-8-16-26-24(25)17-19(3)11-9-10-18(2)12-15-23-21(5)14-13-20(4)22(23)6/h9-15,17H,7-8,16H2,1-6H3. The van der Waals surface area contributed by atoms with E-state index in [0.29, 0.717) is 6.61 Å². The topological polar surface area (TPSA) is 26.3 Å². The highest BCUT2D eigenvalue weighted by molar-refractivity contribution is 5.83. The third-order valence-corrected chi connectivity index (χ3v) is 4.32. The normalized spacial score (nSPS) is 13.0. The van der Waals surface area contributed by atoms with E-state index in [1.165, 1.54) is 28.3 Å². The second-order valence-electron chi connectivity index (χ2n) is 6.75. The summed E-state index contributed by atoms with van der Waals surface area (Å²) in [5.41, 5.74) is 7.23. The van der Waals surface area contributed by atoms with Crippen molar-refractivity contribution in [1.29, 1.82) is 0 Å². The molecular weight excluding hydrogens is 320 g/mol. The van der Waals surface area contributed by atoms with Gasteiger partial charge in [0.25, 0.3) is 0 Å². The molecule has 0 aliphatic carbocycles. The van der Waals surface area contributed by atoms with Crippen LogP contribution in [-0.2, 0) is 9.53 Å². The second kappa shape index (κ2) is 11.3. The van der Waals surface area contributed by atoms with Gasteiger partial charge in [-0.25, -0.2) is 4.79 Å². The first-order valence-corrected chi connectivity index (χ1v) is 9.30. The zero-order valence-electron chi connectivity index (χ0n) is 17.1. The summed E-state index contributed by atoms with van der Waals surface area (Å²) in [6, 6.07) is 4.32. The average molecular weight is 353 g/mol. The maximum atomic E-state index is 11.6. The molecule has 26 heavy (non-hydrogen) atoms. The minimum absolute atomic E-state index is 0.272. The van der Waals surface area contributed by atoms with Crippen molar-refractivity contribution in [1.82, 2.24) is 0 Å². The Morgan fingerprint density at radius 1 is 1.04 bits per heavy atom. The molecule has 0 N–H and O–H groups in total. The van der Waals surface area contributed by atoms with Crippen molar-refractivity contribution in [3.63, 3.8) is 0 Å². The van der Waals surface area contributed by atoms with Gasteiger partial charge >= 0.3 is 5.97 Å². The maximum Gasteiger partial charge on any atom is 0.331 e. The molecule has 0 saturated heterocycles. The predicted octanol–water partition coefficient (Wildman–Crippen LogP) is 6.42. The van der Waals surface area contributed by atoms with Gasteiger partial charge < -0.3 is 4.74 Å². The second-order valence-corrected chi connectivity index (χ2v) is 6.75. The first-order chi connectivity index (χ1) is 12.3. The molecule has 0 atom stereocenters. The van der Waals surface area contributed by atoms with Crippen molar-refractivity contribution in [2.45, 2.75) is 54.4 Å². The van der Waals surface area contributed by atoms with Crippen LogP contribution in [0.15, 0.2) is 53.7 Å². The number of carbonyl (C=O) groups excluding carboxylic acids is 1. The van der Waals surface area contributed by atoms with Crippen molar-refractivity contribution in [3.8, 4) is 0 Å². The first kappa shape index (κ1) is 21.7. The van der Waals surface area contributed by atoms with Gasteiger partial charge in [0.05, 0.1) is 6.61 Å². The van der Waals surface area contributed by atoms with Gasteiger partial charge in [0.2, 0.25) is 0 Å². The Balaban J connectivity index is 2.69. The quantitative estimate of drug-likeness (QED) is 0.234. The van der Waals surface area contributed by atoms with Gasteiger partial charge in [0, 0.05) is 6.08 Å². The van der Waals surface area contributed by atoms with Crippen molar-refractivity contribution in [3.05, 3.63) is 75.9 Å². The smallest absolute Gasteiger partial charge is 0.331 e. The minimum atomic E-state index is -0.272. The van der Waals surface area contributed by atoms with E-state index in [1.807, 2.05) is 25.2 Å². The number of carbonyl (C=O) groups is 1. The molecule has 0 spiro atoms. The Hall–Kier alpha value is -2.35. The Bertz CT molecular complexity index is 731. The van der Waals surface area contributed by atoms with E-state index in [2.05, 4.69) is 58.9 Å². The van der Waals surface area contributed by atoms with Crippen molar-refractivity contribution in [2.24, 2.45) is 0 Å². The fraction of sp³-hybridized carbons (Fsp3) is 0.375. The lowest BCUT2D eigenvalue weighted by Gasteiger charge is -2.08. The molecule has 1 aromatic rings. The molecule has 0 fully saturated rings. The number of hydrogen-bond donors (Lipinski definition) is 0. The van der Waals surface area contributed by atoms with E-state index < -0.39 is 0 Å². The Morgan fingerprint density at radius 2 is 1.73 bits per heavy atom.